The van der Waals surface area contributed by atoms with Crippen LogP contribution in [0.5, 0.6) is 0 Å². The molecule has 1 atom stereocenters. The van der Waals surface area contributed by atoms with Crippen LogP contribution >= 0.6 is 0 Å². The number of hydrogen-bond donors (Lipinski definition) is 3. The van der Waals surface area contributed by atoms with Crippen molar-refractivity contribution >= 4 is 23.4 Å². The van der Waals surface area contributed by atoms with Gasteiger partial charge in [-0.25, -0.2) is 9.98 Å². The summed E-state index contributed by atoms with van der Waals surface area (Å²) in [4.78, 5) is 20.1. The van der Waals surface area contributed by atoms with Crippen molar-refractivity contribution < 1.29 is 0 Å². The molecule has 3 rings (SSSR count). The number of rotatable bonds is 7. The average molecular weight is 340 g/mol. The lowest BCUT2D eigenvalue weighted by Gasteiger charge is -2.23. The summed E-state index contributed by atoms with van der Waals surface area (Å²) < 4.78 is 1.52. The van der Waals surface area contributed by atoms with E-state index in [2.05, 4.69) is 45.0 Å². The van der Waals surface area contributed by atoms with Crippen LogP contribution in [0.15, 0.2) is 40.2 Å². The molecule has 0 fully saturated rings. The van der Waals surface area contributed by atoms with Crippen molar-refractivity contribution in [3.05, 3.63) is 46.5 Å². The van der Waals surface area contributed by atoms with E-state index in [0.29, 0.717) is 11.5 Å². The monoisotopic (exact) mass is 340 g/mol. The lowest BCUT2D eigenvalue weighted by Crippen LogP contribution is -2.34. The molecule has 1 unspecified atom stereocenters. The molecule has 7 nitrogen and oxygen atoms in total. The molecule has 2 heterocycles. The number of fused-ring (bicyclic) bond motifs is 1. The fourth-order valence-corrected chi connectivity index (χ4v) is 2.64. The van der Waals surface area contributed by atoms with Gasteiger partial charge in [0.15, 0.2) is 12.1 Å². The summed E-state index contributed by atoms with van der Waals surface area (Å²) in [6.45, 7) is 3.20. The highest BCUT2D eigenvalue weighted by atomic mass is 16.1. The normalized spacial score (nSPS) is 15.4. The molecule has 1 aromatic carbocycles. The Bertz CT molecular complexity index is 796. The first-order valence-electron chi connectivity index (χ1n) is 8.63. The summed E-state index contributed by atoms with van der Waals surface area (Å²) in [6, 6.07) is 8.14. The van der Waals surface area contributed by atoms with E-state index < -0.39 is 0 Å². The average Bonchev–Trinajstić information content (AvgIpc) is 2.63. The van der Waals surface area contributed by atoms with Gasteiger partial charge >= 0.3 is 0 Å². The van der Waals surface area contributed by atoms with Gasteiger partial charge in [-0.1, -0.05) is 19.8 Å². The summed E-state index contributed by atoms with van der Waals surface area (Å²) >= 11 is 0. The van der Waals surface area contributed by atoms with E-state index in [1.54, 1.807) is 13.3 Å². The molecule has 1 aliphatic rings. The zero-order valence-electron chi connectivity index (χ0n) is 14.6. The van der Waals surface area contributed by atoms with Gasteiger partial charge in [0.1, 0.15) is 5.69 Å². The van der Waals surface area contributed by atoms with Crippen molar-refractivity contribution in [1.82, 2.24) is 9.55 Å². The molecule has 0 spiro atoms. The molecule has 3 N–H and O–H groups in total. The molecule has 0 radical (unpaired) electrons. The quantitative estimate of drug-likeness (QED) is 0.675. The first-order chi connectivity index (χ1) is 12.2. The molecule has 1 aromatic heterocycles. The van der Waals surface area contributed by atoms with Gasteiger partial charge < -0.3 is 20.5 Å². The number of hydrogen-bond acceptors (Lipinski definition) is 6. The van der Waals surface area contributed by atoms with Crippen molar-refractivity contribution in [2.24, 2.45) is 12.0 Å². The number of anilines is 3. The van der Waals surface area contributed by atoms with Crippen LogP contribution in [0, 0.1) is 0 Å². The van der Waals surface area contributed by atoms with Crippen molar-refractivity contribution in [3.63, 3.8) is 0 Å². The highest BCUT2D eigenvalue weighted by Gasteiger charge is 2.16. The Balaban J connectivity index is 1.59. The van der Waals surface area contributed by atoms with E-state index in [1.807, 2.05) is 12.1 Å². The summed E-state index contributed by atoms with van der Waals surface area (Å²) in [5.41, 5.74) is 2.60. The summed E-state index contributed by atoms with van der Waals surface area (Å²) in [5, 5.41) is 9.90. The molecule has 0 amide bonds. The lowest BCUT2D eigenvalue weighted by atomic mass is 10.2. The van der Waals surface area contributed by atoms with Crippen LogP contribution < -0.4 is 21.5 Å². The van der Waals surface area contributed by atoms with Gasteiger partial charge in [0.2, 0.25) is 0 Å². The molecule has 1 aliphatic heterocycles. The predicted octanol–water partition coefficient (Wildman–Crippen LogP) is 2.62. The maximum atomic E-state index is 11.6. The van der Waals surface area contributed by atoms with Gasteiger partial charge in [0.05, 0.1) is 12.4 Å². The van der Waals surface area contributed by atoms with E-state index in [-0.39, 0.29) is 11.8 Å². The Labute approximate surface area is 147 Å². The molecule has 0 saturated carbocycles. The van der Waals surface area contributed by atoms with Gasteiger partial charge in [-0.15, -0.1) is 0 Å². The fourth-order valence-electron chi connectivity index (χ4n) is 2.64. The zero-order chi connectivity index (χ0) is 17.6. The molecular weight excluding hydrogens is 316 g/mol. The molecule has 7 heteroatoms. The predicted molar refractivity (Wildman–Crippen MR) is 103 cm³/mol. The van der Waals surface area contributed by atoms with Crippen LogP contribution in [0.4, 0.5) is 17.2 Å². The van der Waals surface area contributed by atoms with Crippen LogP contribution in [0.2, 0.25) is 0 Å². The SMILES string of the molecule is CCCCCNc1ccc(NC2N=Cc3c(ncc(=O)n3C)N2)cc1. The minimum Gasteiger partial charge on any atom is -0.385 e. The Morgan fingerprint density at radius 3 is 2.72 bits per heavy atom. The van der Waals surface area contributed by atoms with Crippen LogP contribution in [0.3, 0.4) is 0 Å². The third-order valence-corrected chi connectivity index (χ3v) is 4.16. The summed E-state index contributed by atoms with van der Waals surface area (Å²) in [6.07, 6.45) is 6.32. The third-order valence-electron chi connectivity index (χ3n) is 4.16. The van der Waals surface area contributed by atoms with E-state index >= 15 is 0 Å². The molecule has 25 heavy (non-hydrogen) atoms. The molecule has 0 saturated heterocycles. The van der Waals surface area contributed by atoms with Gasteiger partial charge in [-0.3, -0.25) is 4.79 Å². The van der Waals surface area contributed by atoms with Crippen LogP contribution in [-0.2, 0) is 7.05 Å². The van der Waals surface area contributed by atoms with Crippen molar-refractivity contribution in [2.45, 2.75) is 32.5 Å². The molecule has 2 aromatic rings. The minimum atomic E-state index is -0.319. The first-order valence-corrected chi connectivity index (χ1v) is 8.63. The highest BCUT2D eigenvalue weighted by molar-refractivity contribution is 5.86. The van der Waals surface area contributed by atoms with Crippen LogP contribution in [0.25, 0.3) is 0 Å². The van der Waals surface area contributed by atoms with Crippen LogP contribution in [-0.4, -0.2) is 28.6 Å². The molecule has 0 bridgehead atoms. The maximum Gasteiger partial charge on any atom is 0.269 e. The first kappa shape index (κ1) is 17.0. The Morgan fingerprint density at radius 1 is 1.20 bits per heavy atom. The standard InChI is InChI=1S/C18H24N6O/c1-3-4-5-10-19-13-6-8-14(9-7-13)22-18-21-11-15-17(23-18)20-12-16(25)24(15)2/h6-9,11-12,18-19,22-23H,3-5,10H2,1-2H3. The molecule has 132 valence electrons. The van der Waals surface area contributed by atoms with Crippen LogP contribution in [0.1, 0.15) is 31.9 Å². The third kappa shape index (κ3) is 4.17. The van der Waals surface area contributed by atoms with E-state index in [4.69, 9.17) is 0 Å². The number of nitrogens with one attached hydrogen (secondary N) is 3. The topological polar surface area (TPSA) is 83.3 Å². The van der Waals surface area contributed by atoms with E-state index in [1.165, 1.54) is 30.0 Å². The second kappa shape index (κ2) is 7.83. The smallest absolute Gasteiger partial charge is 0.269 e. The van der Waals surface area contributed by atoms with E-state index in [9.17, 15) is 4.79 Å². The van der Waals surface area contributed by atoms with Crippen molar-refractivity contribution in [2.75, 3.05) is 22.5 Å². The number of nitrogens with zero attached hydrogens (tertiary/aromatic N) is 3. The Hall–Kier alpha value is -2.83. The van der Waals surface area contributed by atoms with Gasteiger partial charge in [-0.2, -0.15) is 0 Å². The Morgan fingerprint density at radius 2 is 1.96 bits per heavy atom. The second-order valence-corrected chi connectivity index (χ2v) is 6.07. The number of benzene rings is 1. The summed E-state index contributed by atoms with van der Waals surface area (Å²) in [7, 11) is 1.70. The van der Waals surface area contributed by atoms with Gasteiger partial charge in [0, 0.05) is 25.0 Å². The molecular formula is C18H24N6O. The second-order valence-electron chi connectivity index (χ2n) is 6.07. The maximum absolute atomic E-state index is 11.6. The van der Waals surface area contributed by atoms with E-state index in [0.717, 1.165) is 17.9 Å². The Kier molecular flexibility index (Phi) is 5.33. The number of unbranched alkanes of at least 4 members (excludes halogenated alkanes) is 2. The van der Waals surface area contributed by atoms with Gasteiger partial charge in [0.25, 0.3) is 5.56 Å². The molecule has 0 aliphatic carbocycles. The summed E-state index contributed by atoms with van der Waals surface area (Å²) in [5.74, 6) is 0.642. The minimum absolute atomic E-state index is 0.152. The zero-order valence-corrected chi connectivity index (χ0v) is 14.6. The van der Waals surface area contributed by atoms with Crippen molar-refractivity contribution in [1.29, 1.82) is 0 Å². The lowest BCUT2D eigenvalue weighted by molar-refractivity contribution is 0.744. The highest BCUT2D eigenvalue weighted by Crippen LogP contribution is 2.18. The van der Waals surface area contributed by atoms with Crippen molar-refractivity contribution in [3.8, 4) is 0 Å². The number of aliphatic imine (C=N–C) groups is 1. The van der Waals surface area contributed by atoms with Gasteiger partial charge in [-0.05, 0) is 30.7 Å². The number of aromatic nitrogens is 2. The largest absolute Gasteiger partial charge is 0.385 e. The fraction of sp³-hybridized carbons (Fsp3) is 0.389.